The summed E-state index contributed by atoms with van der Waals surface area (Å²) in [6, 6.07) is 3.77. The minimum absolute atomic E-state index is 0.0491. The molecule has 0 fully saturated rings. The van der Waals surface area contributed by atoms with Crippen molar-refractivity contribution in [3.8, 4) is 11.5 Å². The standard InChI is InChI=1S/C24H38O5/c1-6-7-8-9-11-23(2,3)16-13-19(26)22-17(15-21(27)28)18(10-12-25)24(4,5)29-20(22)14-16/h13-14,17-18,25-26H,6-12,15H2,1-5H3,(H,27,28)/t17-,18+/m1/s1. The number of carboxylic acids is 1. The van der Waals surface area contributed by atoms with Gasteiger partial charge in [-0.15, -0.1) is 0 Å². The van der Waals surface area contributed by atoms with E-state index in [0.717, 1.165) is 18.4 Å². The lowest BCUT2D eigenvalue weighted by Gasteiger charge is -2.45. The van der Waals surface area contributed by atoms with Gasteiger partial charge in [0.15, 0.2) is 0 Å². The molecule has 1 heterocycles. The van der Waals surface area contributed by atoms with Crippen LogP contribution in [0.3, 0.4) is 0 Å². The van der Waals surface area contributed by atoms with E-state index in [4.69, 9.17) is 4.74 Å². The molecule has 1 aliphatic rings. The van der Waals surface area contributed by atoms with E-state index in [2.05, 4.69) is 20.8 Å². The number of ether oxygens (including phenoxy) is 1. The Hall–Kier alpha value is -1.75. The number of benzene rings is 1. The van der Waals surface area contributed by atoms with Crippen LogP contribution in [0, 0.1) is 5.92 Å². The summed E-state index contributed by atoms with van der Waals surface area (Å²) in [6.45, 7) is 10.4. The quantitative estimate of drug-likeness (QED) is 0.455. The summed E-state index contributed by atoms with van der Waals surface area (Å²) < 4.78 is 6.29. The van der Waals surface area contributed by atoms with Gasteiger partial charge in [0.1, 0.15) is 17.1 Å². The summed E-state index contributed by atoms with van der Waals surface area (Å²) >= 11 is 0. The monoisotopic (exact) mass is 406 g/mol. The predicted molar refractivity (Wildman–Crippen MR) is 115 cm³/mol. The highest BCUT2D eigenvalue weighted by molar-refractivity contribution is 5.69. The molecule has 2 atom stereocenters. The summed E-state index contributed by atoms with van der Waals surface area (Å²) in [5, 5.41) is 29.9. The van der Waals surface area contributed by atoms with Gasteiger partial charge in [-0.25, -0.2) is 0 Å². The molecule has 0 aliphatic carbocycles. The number of carboxylic acid groups (broad SMARTS) is 1. The largest absolute Gasteiger partial charge is 0.508 e. The second-order valence-electron chi connectivity index (χ2n) is 9.63. The molecule has 1 aromatic carbocycles. The molecule has 0 radical (unpaired) electrons. The number of aliphatic hydroxyl groups excluding tert-OH is 1. The number of aliphatic carboxylic acids is 1. The minimum Gasteiger partial charge on any atom is -0.508 e. The molecule has 29 heavy (non-hydrogen) atoms. The number of phenols is 1. The first kappa shape index (κ1) is 23.5. The number of rotatable bonds is 10. The molecular formula is C24H38O5. The summed E-state index contributed by atoms with van der Waals surface area (Å²) in [7, 11) is 0. The molecule has 1 aliphatic heterocycles. The van der Waals surface area contributed by atoms with E-state index < -0.39 is 17.5 Å². The van der Waals surface area contributed by atoms with Crippen molar-refractivity contribution in [2.75, 3.05) is 6.61 Å². The van der Waals surface area contributed by atoms with Crippen LogP contribution >= 0.6 is 0 Å². The number of unbranched alkanes of at least 4 members (excludes halogenated alkanes) is 3. The van der Waals surface area contributed by atoms with Crippen LogP contribution in [0.25, 0.3) is 0 Å². The Labute approximate surface area is 175 Å². The topological polar surface area (TPSA) is 87.0 Å². The number of hydrogen-bond donors (Lipinski definition) is 3. The Morgan fingerprint density at radius 1 is 1.21 bits per heavy atom. The number of phenolic OH excluding ortho intramolecular Hbond substituents is 1. The maximum Gasteiger partial charge on any atom is 0.303 e. The minimum atomic E-state index is -0.915. The van der Waals surface area contributed by atoms with Gasteiger partial charge in [-0.05, 0) is 49.8 Å². The van der Waals surface area contributed by atoms with E-state index in [9.17, 15) is 20.1 Å². The molecule has 2 rings (SSSR count). The number of hydrogen-bond acceptors (Lipinski definition) is 4. The first-order valence-corrected chi connectivity index (χ1v) is 10.9. The first-order chi connectivity index (χ1) is 13.5. The molecule has 164 valence electrons. The van der Waals surface area contributed by atoms with Crippen LogP contribution in [-0.4, -0.2) is 33.5 Å². The summed E-state index contributed by atoms with van der Waals surface area (Å²) in [5.41, 5.74) is 0.830. The zero-order valence-electron chi connectivity index (χ0n) is 18.6. The van der Waals surface area contributed by atoms with Gasteiger partial charge in [0.25, 0.3) is 0 Å². The average Bonchev–Trinajstić information content (AvgIpc) is 2.60. The Kier molecular flexibility index (Phi) is 7.61. The molecule has 0 saturated carbocycles. The number of aromatic hydroxyl groups is 1. The van der Waals surface area contributed by atoms with Crippen molar-refractivity contribution in [3.05, 3.63) is 23.3 Å². The highest BCUT2D eigenvalue weighted by Crippen LogP contribution is 2.52. The van der Waals surface area contributed by atoms with E-state index in [1.807, 2.05) is 19.9 Å². The zero-order chi connectivity index (χ0) is 21.8. The van der Waals surface area contributed by atoms with Crippen molar-refractivity contribution in [3.63, 3.8) is 0 Å². The van der Waals surface area contributed by atoms with Gasteiger partial charge in [-0.1, -0.05) is 46.5 Å². The molecule has 0 amide bonds. The van der Waals surface area contributed by atoms with Crippen LogP contribution in [0.5, 0.6) is 11.5 Å². The molecule has 0 bridgehead atoms. The normalized spacial score (nSPS) is 20.8. The Balaban J connectivity index is 2.44. The number of fused-ring (bicyclic) bond motifs is 1. The molecule has 5 heteroatoms. The lowest BCUT2D eigenvalue weighted by atomic mass is 9.70. The van der Waals surface area contributed by atoms with E-state index in [0.29, 0.717) is 17.7 Å². The fourth-order valence-corrected chi connectivity index (χ4v) is 4.76. The van der Waals surface area contributed by atoms with Crippen molar-refractivity contribution in [2.24, 2.45) is 5.92 Å². The Bertz CT molecular complexity index is 707. The highest BCUT2D eigenvalue weighted by atomic mass is 16.5. The van der Waals surface area contributed by atoms with Crippen molar-refractivity contribution in [1.82, 2.24) is 0 Å². The third-order valence-corrected chi connectivity index (χ3v) is 6.51. The molecule has 3 N–H and O–H groups in total. The Morgan fingerprint density at radius 3 is 2.48 bits per heavy atom. The molecule has 1 aromatic rings. The number of aliphatic hydroxyl groups is 1. The van der Waals surface area contributed by atoms with Gasteiger partial charge < -0.3 is 20.1 Å². The summed E-state index contributed by atoms with van der Waals surface area (Å²) in [6.07, 6.45) is 6.09. The third kappa shape index (κ3) is 5.44. The zero-order valence-corrected chi connectivity index (χ0v) is 18.6. The fourth-order valence-electron chi connectivity index (χ4n) is 4.76. The summed E-state index contributed by atoms with van der Waals surface area (Å²) in [5.74, 6) is -0.841. The van der Waals surface area contributed by atoms with Crippen LogP contribution in [0.4, 0.5) is 0 Å². The third-order valence-electron chi connectivity index (χ3n) is 6.51. The SMILES string of the molecule is CCCCCCC(C)(C)c1cc(O)c2c(c1)OC(C)(C)[C@@H](CCO)[C@H]2CC(=O)O. The van der Waals surface area contributed by atoms with Crippen molar-refractivity contribution >= 4 is 5.97 Å². The van der Waals surface area contributed by atoms with Crippen LogP contribution in [0.1, 0.15) is 96.6 Å². The maximum absolute atomic E-state index is 11.6. The number of carbonyl (C=O) groups is 1. The molecular weight excluding hydrogens is 368 g/mol. The van der Waals surface area contributed by atoms with Crippen LogP contribution in [0.2, 0.25) is 0 Å². The van der Waals surface area contributed by atoms with Gasteiger partial charge in [-0.2, -0.15) is 0 Å². The van der Waals surface area contributed by atoms with E-state index in [1.54, 1.807) is 6.07 Å². The van der Waals surface area contributed by atoms with Gasteiger partial charge in [0.05, 0.1) is 6.42 Å². The van der Waals surface area contributed by atoms with Gasteiger partial charge in [-0.3, -0.25) is 4.79 Å². The van der Waals surface area contributed by atoms with Crippen LogP contribution < -0.4 is 4.74 Å². The maximum atomic E-state index is 11.6. The smallest absolute Gasteiger partial charge is 0.303 e. The fraction of sp³-hybridized carbons (Fsp3) is 0.708. The van der Waals surface area contributed by atoms with E-state index in [1.165, 1.54) is 19.3 Å². The second-order valence-corrected chi connectivity index (χ2v) is 9.63. The van der Waals surface area contributed by atoms with E-state index in [-0.39, 0.29) is 30.1 Å². The van der Waals surface area contributed by atoms with Gasteiger partial charge in [0, 0.05) is 24.0 Å². The van der Waals surface area contributed by atoms with Gasteiger partial charge in [0.2, 0.25) is 0 Å². The van der Waals surface area contributed by atoms with Crippen LogP contribution in [-0.2, 0) is 10.2 Å². The lowest BCUT2D eigenvalue weighted by molar-refractivity contribution is -0.138. The molecule has 0 spiro atoms. The molecule has 0 aromatic heterocycles. The van der Waals surface area contributed by atoms with Gasteiger partial charge >= 0.3 is 5.97 Å². The van der Waals surface area contributed by atoms with Crippen molar-refractivity contribution in [2.45, 2.75) is 96.5 Å². The molecule has 5 nitrogen and oxygen atoms in total. The average molecular weight is 407 g/mol. The van der Waals surface area contributed by atoms with Crippen molar-refractivity contribution in [1.29, 1.82) is 0 Å². The van der Waals surface area contributed by atoms with Crippen molar-refractivity contribution < 1.29 is 24.9 Å². The van der Waals surface area contributed by atoms with E-state index >= 15 is 0 Å². The lowest BCUT2D eigenvalue weighted by Crippen LogP contribution is -2.45. The highest BCUT2D eigenvalue weighted by Gasteiger charge is 2.45. The second kappa shape index (κ2) is 9.38. The molecule has 0 unspecified atom stereocenters. The summed E-state index contributed by atoms with van der Waals surface area (Å²) in [4.78, 5) is 11.6. The Morgan fingerprint density at radius 2 is 1.90 bits per heavy atom. The molecule has 0 saturated heterocycles. The van der Waals surface area contributed by atoms with Crippen LogP contribution in [0.15, 0.2) is 12.1 Å². The first-order valence-electron chi connectivity index (χ1n) is 10.9. The predicted octanol–water partition coefficient (Wildman–Crippen LogP) is 5.37.